The molecule has 1 aromatic heterocycles. The highest BCUT2D eigenvalue weighted by molar-refractivity contribution is 5.75. The van der Waals surface area contributed by atoms with E-state index >= 15 is 0 Å². The van der Waals surface area contributed by atoms with Gasteiger partial charge in [0, 0.05) is 26.4 Å². The number of imidazole rings is 1. The molecule has 2 rings (SSSR count). The first-order valence-corrected chi connectivity index (χ1v) is 14.4. The first-order chi connectivity index (χ1) is 16.7. The molecule has 0 unspecified atom stereocenters. The van der Waals surface area contributed by atoms with Crippen molar-refractivity contribution in [1.82, 2.24) is 14.9 Å². The lowest BCUT2D eigenvalue weighted by Crippen LogP contribution is -2.20. The summed E-state index contributed by atoms with van der Waals surface area (Å²) in [5.41, 5.74) is 2.41. The zero-order valence-electron chi connectivity index (χ0n) is 22.3. The van der Waals surface area contributed by atoms with Gasteiger partial charge in [-0.25, -0.2) is 4.98 Å². The molecule has 4 heteroatoms. The molecule has 0 aliphatic carbocycles. The van der Waals surface area contributed by atoms with Gasteiger partial charge in [0.25, 0.3) is 0 Å². The molecule has 0 aliphatic rings. The van der Waals surface area contributed by atoms with Crippen molar-refractivity contribution in [2.24, 2.45) is 0 Å². The lowest BCUT2D eigenvalue weighted by Gasteiger charge is -2.10. The number of hydrogen-bond donors (Lipinski definition) is 1. The van der Waals surface area contributed by atoms with Crippen LogP contribution in [0.25, 0.3) is 11.0 Å². The lowest BCUT2D eigenvalue weighted by molar-refractivity contribution is -0.118. The van der Waals surface area contributed by atoms with Gasteiger partial charge in [0.2, 0.25) is 5.91 Å². The summed E-state index contributed by atoms with van der Waals surface area (Å²) in [6, 6.07) is 8.57. The Hall–Kier alpha value is -1.84. The molecule has 34 heavy (non-hydrogen) atoms. The van der Waals surface area contributed by atoms with Crippen LogP contribution < -0.4 is 5.32 Å². The molecule has 0 radical (unpaired) electrons. The molecule has 1 heterocycles. The summed E-state index contributed by atoms with van der Waals surface area (Å²) >= 11 is 0. The van der Waals surface area contributed by atoms with Gasteiger partial charge in [0.05, 0.1) is 11.0 Å². The van der Waals surface area contributed by atoms with Gasteiger partial charge in [-0.15, -0.1) is 0 Å². The highest BCUT2D eigenvalue weighted by atomic mass is 16.1. The second kappa shape index (κ2) is 18.5. The molecule has 0 saturated carbocycles. The standard InChI is InChI=1S/C30H51N3O/c1-3-4-5-6-7-8-9-10-11-12-13-14-15-21-26-33-29-23-19-18-22-28(29)32-30(33)24-17-16-20-25-31-27(2)34/h18-19,22-23H,3-17,20-21,24-26H2,1-2H3,(H,31,34). The number of rotatable bonds is 21. The van der Waals surface area contributed by atoms with E-state index in [0.717, 1.165) is 44.3 Å². The maximum atomic E-state index is 11.0. The van der Waals surface area contributed by atoms with Crippen molar-refractivity contribution in [3.8, 4) is 0 Å². The Bertz CT molecular complexity index is 782. The highest BCUT2D eigenvalue weighted by Crippen LogP contribution is 2.20. The molecule has 0 spiro atoms. The molecular formula is C30H51N3O. The van der Waals surface area contributed by atoms with E-state index in [9.17, 15) is 4.79 Å². The Morgan fingerprint density at radius 3 is 1.94 bits per heavy atom. The second-order valence-electron chi connectivity index (χ2n) is 10.1. The molecule has 0 aliphatic heterocycles. The fourth-order valence-electron chi connectivity index (χ4n) is 4.88. The summed E-state index contributed by atoms with van der Waals surface area (Å²) in [5, 5.41) is 2.89. The number of para-hydroxylation sites is 2. The van der Waals surface area contributed by atoms with E-state index in [1.54, 1.807) is 6.92 Å². The summed E-state index contributed by atoms with van der Waals surface area (Å²) in [4.78, 5) is 15.9. The topological polar surface area (TPSA) is 46.9 Å². The maximum absolute atomic E-state index is 11.0. The van der Waals surface area contributed by atoms with Gasteiger partial charge in [0.1, 0.15) is 5.82 Å². The van der Waals surface area contributed by atoms with E-state index in [1.807, 2.05) is 0 Å². The van der Waals surface area contributed by atoms with Crippen LogP contribution in [0.2, 0.25) is 0 Å². The fourth-order valence-corrected chi connectivity index (χ4v) is 4.88. The number of carbonyl (C=O) groups is 1. The minimum absolute atomic E-state index is 0.0648. The molecule has 0 fully saturated rings. The Kier molecular flexibility index (Phi) is 15.4. The summed E-state index contributed by atoms with van der Waals surface area (Å²) in [6.45, 7) is 5.74. The van der Waals surface area contributed by atoms with Gasteiger partial charge in [-0.3, -0.25) is 4.79 Å². The average molecular weight is 470 g/mol. The number of amides is 1. The van der Waals surface area contributed by atoms with Gasteiger partial charge in [-0.2, -0.15) is 0 Å². The normalized spacial score (nSPS) is 11.4. The molecule has 0 bridgehead atoms. The van der Waals surface area contributed by atoms with Crippen molar-refractivity contribution in [3.63, 3.8) is 0 Å². The van der Waals surface area contributed by atoms with E-state index in [0.29, 0.717) is 0 Å². The third-order valence-corrected chi connectivity index (χ3v) is 6.92. The van der Waals surface area contributed by atoms with Gasteiger partial charge >= 0.3 is 0 Å². The Labute approximate surface area is 209 Å². The highest BCUT2D eigenvalue weighted by Gasteiger charge is 2.10. The first-order valence-electron chi connectivity index (χ1n) is 14.4. The second-order valence-corrected chi connectivity index (χ2v) is 10.1. The monoisotopic (exact) mass is 469 g/mol. The van der Waals surface area contributed by atoms with E-state index < -0.39 is 0 Å². The molecule has 192 valence electrons. The molecular weight excluding hydrogens is 418 g/mol. The van der Waals surface area contributed by atoms with Crippen molar-refractivity contribution in [2.45, 2.75) is 136 Å². The van der Waals surface area contributed by atoms with Crippen LogP contribution in [-0.2, 0) is 17.8 Å². The van der Waals surface area contributed by atoms with E-state index in [4.69, 9.17) is 4.98 Å². The van der Waals surface area contributed by atoms with Crippen LogP contribution in [0.5, 0.6) is 0 Å². The van der Waals surface area contributed by atoms with E-state index in [-0.39, 0.29) is 5.91 Å². The Morgan fingerprint density at radius 1 is 0.765 bits per heavy atom. The van der Waals surface area contributed by atoms with Crippen LogP contribution in [0, 0.1) is 0 Å². The van der Waals surface area contributed by atoms with Crippen molar-refractivity contribution < 1.29 is 4.79 Å². The van der Waals surface area contributed by atoms with Crippen LogP contribution in [0.15, 0.2) is 24.3 Å². The largest absolute Gasteiger partial charge is 0.356 e. The van der Waals surface area contributed by atoms with Crippen LogP contribution in [0.3, 0.4) is 0 Å². The third-order valence-electron chi connectivity index (χ3n) is 6.92. The van der Waals surface area contributed by atoms with Crippen LogP contribution in [0.4, 0.5) is 0 Å². The molecule has 1 N–H and O–H groups in total. The number of benzene rings is 1. The predicted molar refractivity (Wildman–Crippen MR) is 146 cm³/mol. The molecule has 0 atom stereocenters. The van der Waals surface area contributed by atoms with E-state index in [2.05, 4.69) is 41.1 Å². The first kappa shape index (κ1) is 28.4. The Balaban J connectivity index is 1.58. The smallest absolute Gasteiger partial charge is 0.216 e. The summed E-state index contributed by atoms with van der Waals surface area (Å²) < 4.78 is 2.46. The summed E-state index contributed by atoms with van der Waals surface area (Å²) in [5.74, 6) is 1.30. The van der Waals surface area contributed by atoms with Gasteiger partial charge in [0.15, 0.2) is 0 Å². The summed E-state index contributed by atoms with van der Waals surface area (Å²) in [6.07, 6.45) is 23.9. The SMILES string of the molecule is CCCCCCCCCCCCCCCCn1c(CCCCCNC(C)=O)nc2ccccc21. The summed E-state index contributed by atoms with van der Waals surface area (Å²) in [7, 11) is 0. The lowest BCUT2D eigenvalue weighted by atomic mass is 10.0. The Morgan fingerprint density at radius 2 is 1.32 bits per heavy atom. The number of nitrogens with one attached hydrogen (secondary N) is 1. The number of nitrogens with zero attached hydrogens (tertiary/aromatic N) is 2. The van der Waals surface area contributed by atoms with Gasteiger partial charge < -0.3 is 9.88 Å². The third kappa shape index (κ3) is 12.0. The molecule has 1 aromatic carbocycles. The minimum atomic E-state index is 0.0648. The van der Waals surface area contributed by atoms with Gasteiger partial charge in [-0.05, 0) is 31.4 Å². The van der Waals surface area contributed by atoms with Crippen LogP contribution in [0.1, 0.15) is 129 Å². The zero-order chi connectivity index (χ0) is 24.3. The number of carbonyl (C=O) groups excluding carboxylic acids is 1. The number of fused-ring (bicyclic) bond motifs is 1. The number of aryl methyl sites for hydroxylation is 2. The zero-order valence-corrected chi connectivity index (χ0v) is 22.3. The van der Waals surface area contributed by atoms with E-state index in [1.165, 1.54) is 101 Å². The molecule has 4 nitrogen and oxygen atoms in total. The minimum Gasteiger partial charge on any atom is -0.356 e. The molecule has 2 aromatic rings. The van der Waals surface area contributed by atoms with Crippen LogP contribution in [-0.4, -0.2) is 22.0 Å². The fraction of sp³-hybridized carbons (Fsp3) is 0.733. The van der Waals surface area contributed by atoms with Gasteiger partial charge in [-0.1, -0.05) is 109 Å². The number of hydrogen-bond acceptors (Lipinski definition) is 2. The van der Waals surface area contributed by atoms with Crippen molar-refractivity contribution >= 4 is 16.9 Å². The van der Waals surface area contributed by atoms with Crippen LogP contribution >= 0.6 is 0 Å². The molecule has 0 saturated heterocycles. The number of aromatic nitrogens is 2. The average Bonchev–Trinajstić information content (AvgIpc) is 3.18. The molecule has 1 amide bonds. The maximum Gasteiger partial charge on any atom is 0.216 e. The van der Waals surface area contributed by atoms with Crippen molar-refractivity contribution in [3.05, 3.63) is 30.1 Å². The predicted octanol–water partition coefficient (Wildman–Crippen LogP) is 8.37. The quantitative estimate of drug-likeness (QED) is 0.187. The van der Waals surface area contributed by atoms with Crippen molar-refractivity contribution in [2.75, 3.05) is 6.54 Å². The van der Waals surface area contributed by atoms with Crippen molar-refractivity contribution in [1.29, 1.82) is 0 Å². The number of unbranched alkanes of at least 4 members (excludes halogenated alkanes) is 15.